The number of carbonyl (C=O) groups is 1. The van der Waals surface area contributed by atoms with Gasteiger partial charge in [0.05, 0.1) is 18.8 Å². The highest BCUT2D eigenvalue weighted by Crippen LogP contribution is 2.30. The number of aliphatic hydroxyl groups is 1. The number of carbonyl (C=O) groups excluding carboxylic acids is 1. The highest BCUT2D eigenvalue weighted by molar-refractivity contribution is 9.09. The molecule has 0 saturated carbocycles. The SMILES string of the molecule is O=C(O[C@H]1[C@H](O)[C@H](C2OCCO2)O[C@H]1CBr)c1ccccc1. The van der Waals surface area contributed by atoms with E-state index in [1.807, 2.05) is 6.07 Å². The minimum absolute atomic E-state index is 0.430. The molecule has 1 N–H and O–H groups in total. The molecule has 0 aliphatic carbocycles. The van der Waals surface area contributed by atoms with Gasteiger partial charge < -0.3 is 24.1 Å². The first kappa shape index (κ1) is 15.9. The summed E-state index contributed by atoms with van der Waals surface area (Å²) < 4.78 is 21.9. The largest absolute Gasteiger partial charge is 0.453 e. The van der Waals surface area contributed by atoms with Crippen LogP contribution in [0.3, 0.4) is 0 Å². The Hall–Kier alpha value is -0.990. The first-order valence-electron chi connectivity index (χ1n) is 7.09. The first-order valence-corrected chi connectivity index (χ1v) is 8.21. The van der Waals surface area contributed by atoms with Gasteiger partial charge in [-0.25, -0.2) is 4.79 Å². The summed E-state index contributed by atoms with van der Waals surface area (Å²) in [4.78, 5) is 12.2. The zero-order chi connectivity index (χ0) is 15.5. The van der Waals surface area contributed by atoms with E-state index in [-0.39, 0.29) is 0 Å². The number of esters is 1. The van der Waals surface area contributed by atoms with Crippen LogP contribution in [0.15, 0.2) is 30.3 Å². The second kappa shape index (κ2) is 7.06. The number of benzene rings is 1. The van der Waals surface area contributed by atoms with Gasteiger partial charge in [-0.1, -0.05) is 34.1 Å². The zero-order valence-corrected chi connectivity index (χ0v) is 13.3. The van der Waals surface area contributed by atoms with Crippen molar-refractivity contribution in [3.8, 4) is 0 Å². The van der Waals surface area contributed by atoms with Crippen molar-refractivity contribution in [2.45, 2.75) is 30.7 Å². The number of ether oxygens (including phenoxy) is 4. The summed E-state index contributed by atoms with van der Waals surface area (Å²) in [6.07, 6.45) is -3.53. The summed E-state index contributed by atoms with van der Waals surface area (Å²) >= 11 is 3.32. The van der Waals surface area contributed by atoms with Crippen LogP contribution in [0.1, 0.15) is 10.4 Å². The van der Waals surface area contributed by atoms with Crippen LogP contribution in [0, 0.1) is 0 Å². The number of hydrogen-bond donors (Lipinski definition) is 1. The maximum Gasteiger partial charge on any atom is 0.338 e. The fraction of sp³-hybridized carbons (Fsp3) is 0.533. The van der Waals surface area contributed by atoms with Crippen LogP contribution in [0.2, 0.25) is 0 Å². The van der Waals surface area contributed by atoms with E-state index in [9.17, 15) is 9.90 Å². The number of rotatable bonds is 4. The van der Waals surface area contributed by atoms with Gasteiger partial charge in [0.25, 0.3) is 0 Å². The van der Waals surface area contributed by atoms with E-state index < -0.39 is 36.7 Å². The molecule has 0 unspecified atom stereocenters. The molecule has 2 heterocycles. The van der Waals surface area contributed by atoms with Gasteiger partial charge in [0.2, 0.25) is 0 Å². The molecule has 22 heavy (non-hydrogen) atoms. The van der Waals surface area contributed by atoms with Crippen molar-refractivity contribution >= 4 is 21.9 Å². The van der Waals surface area contributed by atoms with Gasteiger partial charge in [0.1, 0.15) is 18.3 Å². The molecule has 1 aromatic rings. The molecule has 1 aromatic carbocycles. The third-order valence-corrected chi connectivity index (χ3v) is 4.33. The summed E-state index contributed by atoms with van der Waals surface area (Å²) in [7, 11) is 0. The molecule has 0 spiro atoms. The van der Waals surface area contributed by atoms with Gasteiger partial charge >= 0.3 is 5.97 Å². The lowest BCUT2D eigenvalue weighted by Gasteiger charge is -2.21. The summed E-state index contributed by atoms with van der Waals surface area (Å²) in [5.74, 6) is -0.492. The number of hydrogen-bond acceptors (Lipinski definition) is 6. The monoisotopic (exact) mass is 372 g/mol. The fourth-order valence-corrected chi connectivity index (χ4v) is 3.11. The van der Waals surface area contributed by atoms with Crippen LogP contribution in [0.25, 0.3) is 0 Å². The van der Waals surface area contributed by atoms with Crippen LogP contribution < -0.4 is 0 Å². The second-order valence-electron chi connectivity index (χ2n) is 5.13. The maximum absolute atomic E-state index is 12.2. The minimum atomic E-state index is -1.00. The van der Waals surface area contributed by atoms with Crippen molar-refractivity contribution in [3.05, 3.63) is 35.9 Å². The third kappa shape index (κ3) is 3.18. The van der Waals surface area contributed by atoms with Crippen molar-refractivity contribution in [1.29, 1.82) is 0 Å². The Morgan fingerprint density at radius 1 is 1.27 bits per heavy atom. The van der Waals surface area contributed by atoms with E-state index >= 15 is 0 Å². The van der Waals surface area contributed by atoms with E-state index in [4.69, 9.17) is 18.9 Å². The van der Waals surface area contributed by atoms with Gasteiger partial charge in [-0.3, -0.25) is 0 Å². The van der Waals surface area contributed by atoms with Crippen molar-refractivity contribution in [3.63, 3.8) is 0 Å². The molecule has 3 rings (SSSR count). The van der Waals surface area contributed by atoms with Gasteiger partial charge in [-0.2, -0.15) is 0 Å². The summed E-state index contributed by atoms with van der Waals surface area (Å²) in [5, 5.41) is 10.9. The highest BCUT2D eigenvalue weighted by Gasteiger charge is 2.50. The predicted molar refractivity (Wildman–Crippen MR) is 79.8 cm³/mol. The standard InChI is InChI=1S/C15H17BrO6/c16-8-10-12(22-14(18)9-4-2-1-3-5-9)11(17)13(21-10)15-19-6-7-20-15/h1-5,10-13,15,17H,6-8H2/t10-,11-,12+,13+/m0/s1. The van der Waals surface area contributed by atoms with E-state index in [1.165, 1.54) is 0 Å². The quantitative estimate of drug-likeness (QED) is 0.630. The lowest BCUT2D eigenvalue weighted by Crippen LogP contribution is -2.41. The smallest absolute Gasteiger partial charge is 0.338 e. The molecule has 0 bridgehead atoms. The molecular formula is C15H17BrO6. The molecule has 2 aliphatic heterocycles. The summed E-state index contributed by atoms with van der Waals surface area (Å²) in [5.41, 5.74) is 0.430. The second-order valence-corrected chi connectivity index (χ2v) is 5.78. The predicted octanol–water partition coefficient (Wildman–Crippen LogP) is 1.11. The van der Waals surface area contributed by atoms with Crippen molar-refractivity contribution < 1.29 is 28.8 Å². The molecule has 4 atom stereocenters. The van der Waals surface area contributed by atoms with Crippen LogP contribution in [0.4, 0.5) is 0 Å². The Balaban J connectivity index is 1.70. The van der Waals surface area contributed by atoms with E-state index in [0.29, 0.717) is 24.1 Å². The third-order valence-electron chi connectivity index (χ3n) is 3.69. The zero-order valence-electron chi connectivity index (χ0n) is 11.8. The van der Waals surface area contributed by atoms with Crippen LogP contribution >= 0.6 is 15.9 Å². The molecule has 2 aliphatic rings. The Labute approximate surface area is 136 Å². The Morgan fingerprint density at radius 2 is 1.95 bits per heavy atom. The van der Waals surface area contributed by atoms with Crippen molar-refractivity contribution in [1.82, 2.24) is 0 Å². The average Bonchev–Trinajstić information content (AvgIpc) is 3.17. The topological polar surface area (TPSA) is 74.2 Å². The number of aliphatic hydroxyl groups excluding tert-OH is 1. The molecular weight excluding hydrogens is 356 g/mol. The Morgan fingerprint density at radius 3 is 2.59 bits per heavy atom. The first-order chi connectivity index (χ1) is 10.7. The number of halogens is 1. The fourth-order valence-electron chi connectivity index (χ4n) is 2.59. The van der Waals surface area contributed by atoms with Crippen LogP contribution in [-0.4, -0.2) is 60.3 Å². The van der Waals surface area contributed by atoms with Crippen LogP contribution in [0.5, 0.6) is 0 Å². The van der Waals surface area contributed by atoms with E-state index in [0.717, 1.165) is 0 Å². The average molecular weight is 373 g/mol. The molecule has 0 amide bonds. The molecule has 2 fully saturated rings. The summed E-state index contributed by atoms with van der Waals surface area (Å²) in [6, 6.07) is 8.64. The molecule has 0 radical (unpaired) electrons. The molecule has 120 valence electrons. The van der Waals surface area contributed by atoms with Gasteiger partial charge in [0.15, 0.2) is 12.4 Å². The van der Waals surface area contributed by atoms with E-state index in [2.05, 4.69) is 15.9 Å². The van der Waals surface area contributed by atoms with Crippen molar-refractivity contribution in [2.75, 3.05) is 18.5 Å². The van der Waals surface area contributed by atoms with Gasteiger partial charge in [-0.15, -0.1) is 0 Å². The van der Waals surface area contributed by atoms with Crippen LogP contribution in [-0.2, 0) is 18.9 Å². The Kier molecular flexibility index (Phi) is 5.10. The minimum Gasteiger partial charge on any atom is -0.453 e. The molecule has 2 saturated heterocycles. The lowest BCUT2D eigenvalue weighted by atomic mass is 10.1. The van der Waals surface area contributed by atoms with Gasteiger partial charge in [-0.05, 0) is 12.1 Å². The van der Waals surface area contributed by atoms with Crippen molar-refractivity contribution in [2.24, 2.45) is 0 Å². The lowest BCUT2D eigenvalue weighted by molar-refractivity contribution is -0.156. The van der Waals surface area contributed by atoms with E-state index in [1.54, 1.807) is 24.3 Å². The normalized spacial score (nSPS) is 32.3. The molecule has 0 aromatic heterocycles. The molecule has 7 heteroatoms. The molecule has 6 nitrogen and oxygen atoms in total. The number of alkyl halides is 1. The highest BCUT2D eigenvalue weighted by atomic mass is 79.9. The summed E-state index contributed by atoms with van der Waals surface area (Å²) in [6.45, 7) is 0.926. The maximum atomic E-state index is 12.2. The Bertz CT molecular complexity index is 504. The van der Waals surface area contributed by atoms with Gasteiger partial charge in [0, 0.05) is 5.33 Å².